The second kappa shape index (κ2) is 8.32. The molecule has 4 amide bonds. The van der Waals surface area contributed by atoms with Gasteiger partial charge in [-0.1, -0.05) is 42.2 Å². The van der Waals surface area contributed by atoms with Gasteiger partial charge in [-0.05, 0) is 42.5 Å². The highest BCUT2D eigenvalue weighted by atomic mass is 16.2. The van der Waals surface area contributed by atoms with Gasteiger partial charge in [0.1, 0.15) is 0 Å². The van der Waals surface area contributed by atoms with E-state index < -0.39 is 0 Å². The van der Waals surface area contributed by atoms with Gasteiger partial charge in [-0.2, -0.15) is 0 Å². The van der Waals surface area contributed by atoms with Crippen molar-refractivity contribution in [3.63, 3.8) is 0 Å². The van der Waals surface area contributed by atoms with Crippen LogP contribution in [0.1, 0.15) is 52.6 Å². The number of carbonyl (C=O) groups excluding carboxylic acids is 4. The third kappa shape index (κ3) is 3.68. The van der Waals surface area contributed by atoms with E-state index in [0.717, 1.165) is 20.9 Å². The molecule has 0 spiro atoms. The number of hydrogen-bond donors (Lipinski definition) is 0. The van der Waals surface area contributed by atoms with E-state index >= 15 is 0 Å². The van der Waals surface area contributed by atoms with Gasteiger partial charge in [-0.25, -0.2) is 0 Å². The summed E-state index contributed by atoms with van der Waals surface area (Å²) in [6, 6.07) is 21.5. The average molecular weight is 422 g/mol. The Morgan fingerprint density at radius 1 is 0.500 bits per heavy atom. The van der Waals surface area contributed by atoms with Crippen molar-refractivity contribution in [2.24, 2.45) is 0 Å². The lowest BCUT2D eigenvalue weighted by Crippen LogP contribution is -2.24. The van der Waals surface area contributed by atoms with E-state index in [4.69, 9.17) is 0 Å². The lowest BCUT2D eigenvalue weighted by molar-refractivity contribution is 0.0678. The maximum Gasteiger partial charge on any atom is 0.261 e. The van der Waals surface area contributed by atoms with Gasteiger partial charge in [0, 0.05) is 25.2 Å². The molecule has 6 nitrogen and oxygen atoms in total. The summed E-state index contributed by atoms with van der Waals surface area (Å²) in [6.45, 7) is 0. The van der Waals surface area contributed by atoms with Crippen molar-refractivity contribution in [1.29, 1.82) is 0 Å². The smallest absolute Gasteiger partial charge is 0.261 e. The molecule has 0 N–H and O–H groups in total. The van der Waals surface area contributed by atoms with Crippen molar-refractivity contribution < 1.29 is 19.2 Å². The maximum atomic E-state index is 11.9. The number of hydrogen-bond acceptors (Lipinski definition) is 4. The third-order valence-corrected chi connectivity index (χ3v) is 5.21. The number of fused-ring (bicyclic) bond motifs is 2. The topological polar surface area (TPSA) is 74.8 Å². The van der Waals surface area contributed by atoms with Crippen LogP contribution in [0.25, 0.3) is 0 Å². The molecule has 3 aromatic carbocycles. The summed E-state index contributed by atoms with van der Waals surface area (Å²) in [5.74, 6) is 5.09. The molecule has 3 aromatic rings. The van der Waals surface area contributed by atoms with Gasteiger partial charge in [0.25, 0.3) is 23.6 Å². The highest BCUT2D eigenvalue weighted by molar-refractivity contribution is 6.21. The first-order valence-electron chi connectivity index (χ1n) is 9.83. The van der Waals surface area contributed by atoms with E-state index in [2.05, 4.69) is 11.8 Å². The Balaban J connectivity index is 0.000000174. The molecule has 2 aliphatic heterocycles. The van der Waals surface area contributed by atoms with Gasteiger partial charge in [-0.15, -0.1) is 0 Å². The molecule has 5 rings (SSSR count). The van der Waals surface area contributed by atoms with Gasteiger partial charge in [0.2, 0.25) is 0 Å². The first-order chi connectivity index (χ1) is 15.4. The molecular formula is C26H18N2O4. The first-order valence-corrected chi connectivity index (χ1v) is 9.83. The molecule has 156 valence electrons. The number of benzene rings is 3. The van der Waals surface area contributed by atoms with E-state index in [1.54, 1.807) is 42.5 Å². The average Bonchev–Trinajstić information content (AvgIpc) is 3.19. The molecule has 32 heavy (non-hydrogen) atoms. The van der Waals surface area contributed by atoms with Crippen molar-refractivity contribution >= 4 is 23.6 Å². The summed E-state index contributed by atoms with van der Waals surface area (Å²) >= 11 is 0. The van der Waals surface area contributed by atoms with Crippen LogP contribution in [0.5, 0.6) is 0 Å². The fourth-order valence-corrected chi connectivity index (χ4v) is 3.41. The van der Waals surface area contributed by atoms with Gasteiger partial charge in [0.15, 0.2) is 0 Å². The maximum absolute atomic E-state index is 11.9. The van der Waals surface area contributed by atoms with Crippen LogP contribution in [-0.4, -0.2) is 47.5 Å². The van der Waals surface area contributed by atoms with Crippen LogP contribution in [0.15, 0.2) is 72.8 Å². The van der Waals surface area contributed by atoms with Crippen LogP contribution in [0, 0.1) is 11.8 Å². The van der Waals surface area contributed by atoms with Crippen LogP contribution in [0.4, 0.5) is 0 Å². The standard InChI is InChI=1S/C17H11NO2.C9H7NO2/c1-18-16(19)14-10-9-13(11-15(14)17(18)20)8-7-12-5-3-2-4-6-12;1-10-8(11)6-4-2-3-5-7(6)9(10)12/h2-6,9-11H,1H3;2-5H,1H3. The van der Waals surface area contributed by atoms with E-state index in [1.165, 1.54) is 14.1 Å². The van der Waals surface area contributed by atoms with E-state index in [-0.39, 0.29) is 23.6 Å². The van der Waals surface area contributed by atoms with E-state index in [0.29, 0.717) is 22.3 Å². The summed E-state index contributed by atoms with van der Waals surface area (Å²) in [4.78, 5) is 48.5. The molecule has 0 bridgehead atoms. The second-order valence-corrected chi connectivity index (χ2v) is 7.26. The fraction of sp³-hybridized carbons (Fsp3) is 0.0769. The Labute approximate surface area is 185 Å². The lowest BCUT2D eigenvalue weighted by atomic mass is 10.1. The van der Waals surface area contributed by atoms with E-state index in [1.807, 2.05) is 30.3 Å². The Morgan fingerprint density at radius 2 is 0.938 bits per heavy atom. The molecule has 0 unspecified atom stereocenters. The first kappa shape index (κ1) is 20.8. The molecule has 0 aromatic heterocycles. The van der Waals surface area contributed by atoms with Gasteiger partial charge < -0.3 is 0 Å². The summed E-state index contributed by atoms with van der Waals surface area (Å²) in [6.07, 6.45) is 0. The Kier molecular flexibility index (Phi) is 5.40. The number of imide groups is 2. The second-order valence-electron chi connectivity index (χ2n) is 7.26. The van der Waals surface area contributed by atoms with Crippen molar-refractivity contribution in [3.05, 3.63) is 106 Å². The largest absolute Gasteiger partial charge is 0.277 e. The molecule has 0 fully saturated rings. The minimum Gasteiger partial charge on any atom is -0.277 e. The zero-order valence-electron chi connectivity index (χ0n) is 17.5. The highest BCUT2D eigenvalue weighted by Gasteiger charge is 2.33. The predicted molar refractivity (Wildman–Crippen MR) is 118 cm³/mol. The van der Waals surface area contributed by atoms with Crippen molar-refractivity contribution in [2.75, 3.05) is 14.1 Å². The normalized spacial score (nSPS) is 13.8. The van der Waals surface area contributed by atoms with Crippen molar-refractivity contribution in [1.82, 2.24) is 9.80 Å². The van der Waals surface area contributed by atoms with Crippen LogP contribution >= 0.6 is 0 Å². The molecule has 0 aliphatic carbocycles. The number of rotatable bonds is 0. The molecule has 0 atom stereocenters. The molecule has 0 saturated heterocycles. The molecule has 2 aliphatic rings. The van der Waals surface area contributed by atoms with E-state index in [9.17, 15) is 19.2 Å². The van der Waals surface area contributed by atoms with Crippen molar-refractivity contribution in [2.45, 2.75) is 0 Å². The number of amides is 4. The van der Waals surface area contributed by atoms with Crippen molar-refractivity contribution in [3.8, 4) is 11.8 Å². The number of carbonyl (C=O) groups is 4. The summed E-state index contributed by atoms with van der Waals surface area (Å²) in [7, 11) is 2.98. The summed E-state index contributed by atoms with van der Waals surface area (Å²) in [5.41, 5.74) is 3.52. The molecule has 6 heteroatoms. The monoisotopic (exact) mass is 422 g/mol. The molecule has 0 saturated carbocycles. The molecule has 0 radical (unpaired) electrons. The van der Waals surface area contributed by atoms with Crippen LogP contribution in [0.2, 0.25) is 0 Å². The van der Waals surface area contributed by atoms with Gasteiger partial charge in [-0.3, -0.25) is 29.0 Å². The summed E-state index contributed by atoms with van der Waals surface area (Å²) in [5, 5.41) is 0. The quantitative estimate of drug-likeness (QED) is 0.412. The lowest BCUT2D eigenvalue weighted by Gasteiger charge is -2.02. The Bertz CT molecular complexity index is 1300. The Morgan fingerprint density at radius 3 is 1.50 bits per heavy atom. The fourth-order valence-electron chi connectivity index (χ4n) is 3.41. The summed E-state index contributed by atoms with van der Waals surface area (Å²) < 4.78 is 0. The Hall–Kier alpha value is -4.50. The van der Waals surface area contributed by atoms with Gasteiger partial charge in [0.05, 0.1) is 22.3 Å². The van der Waals surface area contributed by atoms with Crippen LogP contribution in [-0.2, 0) is 0 Å². The van der Waals surface area contributed by atoms with Crippen LogP contribution in [0.3, 0.4) is 0 Å². The minimum atomic E-state index is -0.270. The molecular weight excluding hydrogens is 404 g/mol. The molecule has 2 heterocycles. The highest BCUT2D eigenvalue weighted by Crippen LogP contribution is 2.22. The predicted octanol–water partition coefficient (Wildman–Crippen LogP) is 3.22. The van der Waals surface area contributed by atoms with Gasteiger partial charge >= 0.3 is 0 Å². The third-order valence-electron chi connectivity index (χ3n) is 5.21. The SMILES string of the molecule is CN1C(=O)c2ccc(C#Cc3ccccc3)cc2C1=O.CN1C(=O)c2ccccc2C1=O. The van der Waals surface area contributed by atoms with Crippen LogP contribution < -0.4 is 0 Å². The minimum absolute atomic E-state index is 0.212. The zero-order chi connectivity index (χ0) is 22.8. The number of nitrogens with zero attached hydrogens (tertiary/aromatic N) is 2. The zero-order valence-corrected chi connectivity index (χ0v) is 17.5.